The highest BCUT2D eigenvalue weighted by Gasteiger charge is 2.29. The summed E-state index contributed by atoms with van der Waals surface area (Å²) in [7, 11) is 1.66. The predicted molar refractivity (Wildman–Crippen MR) is 104 cm³/mol. The Morgan fingerprint density at radius 1 is 1.42 bits per heavy atom. The molecule has 0 bridgehead atoms. The van der Waals surface area contributed by atoms with Gasteiger partial charge < -0.3 is 19.1 Å². The van der Waals surface area contributed by atoms with Crippen molar-refractivity contribution in [2.45, 2.75) is 52.7 Å². The van der Waals surface area contributed by atoms with Crippen LogP contribution in [0.25, 0.3) is 0 Å². The summed E-state index contributed by atoms with van der Waals surface area (Å²) in [5.74, 6) is 1.46. The molecular formula is C20H30N2O4. The number of ether oxygens (including phenoxy) is 3. The maximum Gasteiger partial charge on any atom is 0.410 e. The highest BCUT2D eigenvalue weighted by molar-refractivity contribution is 5.67. The lowest BCUT2D eigenvalue weighted by Gasteiger charge is -2.28. The number of nitrogens with zero attached hydrogens (tertiary/aromatic N) is 2. The molecule has 26 heavy (non-hydrogen) atoms. The van der Waals surface area contributed by atoms with Crippen LogP contribution in [0.1, 0.15) is 41.0 Å². The number of likely N-dealkylation sites (N-methyl/N-ethyl adjacent to an activating group) is 1. The molecule has 1 amide bonds. The summed E-state index contributed by atoms with van der Waals surface area (Å²) in [4.78, 5) is 17.7. The smallest absolute Gasteiger partial charge is 0.410 e. The summed E-state index contributed by atoms with van der Waals surface area (Å²) in [5, 5.41) is 0. The Morgan fingerprint density at radius 3 is 2.58 bits per heavy atom. The van der Waals surface area contributed by atoms with Crippen molar-refractivity contribution >= 4 is 12.8 Å². The quantitative estimate of drug-likeness (QED) is 0.650. The molecular weight excluding hydrogens is 332 g/mol. The molecule has 1 aliphatic rings. The molecule has 6 nitrogen and oxygen atoms in total. The fourth-order valence-corrected chi connectivity index (χ4v) is 2.21. The first-order chi connectivity index (χ1) is 12.1. The maximum atomic E-state index is 12.3. The molecule has 144 valence electrons. The van der Waals surface area contributed by atoms with Crippen molar-refractivity contribution < 1.29 is 19.0 Å². The van der Waals surface area contributed by atoms with Gasteiger partial charge in [-0.25, -0.2) is 9.79 Å². The standard InChI is InChI=1S/C20H30N2O4/c1-9-11-12-16-14(3)24-18(21-7)15(10-2)17(25-16)13-22(8)19(23)26-20(4,5)6/h10-12,17H,2,7,9,13H2,1,3-6,8H3/b12-11-. The van der Waals surface area contributed by atoms with Gasteiger partial charge in [0.15, 0.2) is 5.76 Å². The van der Waals surface area contributed by atoms with Crippen LogP contribution in [0.5, 0.6) is 0 Å². The third-order valence-electron chi connectivity index (χ3n) is 3.47. The predicted octanol–water partition coefficient (Wildman–Crippen LogP) is 4.56. The summed E-state index contributed by atoms with van der Waals surface area (Å²) in [6, 6.07) is 0. The van der Waals surface area contributed by atoms with Crippen LogP contribution in [0, 0.1) is 0 Å². The molecule has 1 rings (SSSR count). The van der Waals surface area contributed by atoms with Gasteiger partial charge in [0.2, 0.25) is 5.88 Å². The molecule has 0 fully saturated rings. The molecule has 0 aromatic carbocycles. The van der Waals surface area contributed by atoms with Crippen molar-refractivity contribution in [3.63, 3.8) is 0 Å². The lowest BCUT2D eigenvalue weighted by Crippen LogP contribution is -2.39. The van der Waals surface area contributed by atoms with E-state index >= 15 is 0 Å². The zero-order valence-corrected chi connectivity index (χ0v) is 16.7. The van der Waals surface area contributed by atoms with Gasteiger partial charge in [-0.1, -0.05) is 25.7 Å². The molecule has 0 aromatic rings. The van der Waals surface area contributed by atoms with Gasteiger partial charge in [0, 0.05) is 7.05 Å². The van der Waals surface area contributed by atoms with E-state index in [0.717, 1.165) is 6.42 Å². The third kappa shape index (κ3) is 6.10. The van der Waals surface area contributed by atoms with Gasteiger partial charge in [0.25, 0.3) is 0 Å². The normalized spacial score (nSPS) is 18.2. The van der Waals surface area contributed by atoms with Gasteiger partial charge in [-0.15, -0.1) is 0 Å². The van der Waals surface area contributed by atoms with Crippen LogP contribution in [-0.4, -0.2) is 43.0 Å². The number of rotatable bonds is 6. The number of carbonyl (C=O) groups is 1. The highest BCUT2D eigenvalue weighted by Crippen LogP contribution is 2.28. The van der Waals surface area contributed by atoms with E-state index in [4.69, 9.17) is 14.2 Å². The number of aliphatic imine (C=N–C) groups is 1. The second-order valence-corrected chi connectivity index (χ2v) is 6.92. The summed E-state index contributed by atoms with van der Waals surface area (Å²) >= 11 is 0. The summed E-state index contributed by atoms with van der Waals surface area (Å²) < 4.78 is 17.3. The number of allylic oxidation sites excluding steroid dienone is 3. The number of amides is 1. The zero-order chi connectivity index (χ0) is 19.9. The van der Waals surface area contributed by atoms with Crippen LogP contribution in [0.15, 0.2) is 52.8 Å². The summed E-state index contributed by atoms with van der Waals surface area (Å²) in [6.45, 7) is 16.9. The van der Waals surface area contributed by atoms with E-state index in [1.807, 2.05) is 39.8 Å². The molecule has 0 aromatic heterocycles. The zero-order valence-electron chi connectivity index (χ0n) is 16.7. The Morgan fingerprint density at radius 2 is 2.08 bits per heavy atom. The second kappa shape index (κ2) is 9.27. The van der Waals surface area contributed by atoms with Crippen LogP contribution >= 0.6 is 0 Å². The van der Waals surface area contributed by atoms with E-state index in [-0.39, 0.29) is 6.54 Å². The minimum absolute atomic E-state index is 0.245. The fourth-order valence-electron chi connectivity index (χ4n) is 2.21. The molecule has 6 heteroatoms. The second-order valence-electron chi connectivity index (χ2n) is 6.92. The molecule has 1 heterocycles. The molecule has 0 saturated carbocycles. The third-order valence-corrected chi connectivity index (χ3v) is 3.47. The van der Waals surface area contributed by atoms with E-state index in [1.54, 1.807) is 20.0 Å². The van der Waals surface area contributed by atoms with Crippen LogP contribution < -0.4 is 0 Å². The molecule has 1 atom stereocenters. The van der Waals surface area contributed by atoms with Crippen molar-refractivity contribution in [3.05, 3.63) is 47.8 Å². The Labute approximate surface area is 156 Å². The van der Waals surface area contributed by atoms with Gasteiger partial charge in [0.05, 0.1) is 12.1 Å². The fraction of sp³-hybridized carbons (Fsp3) is 0.500. The van der Waals surface area contributed by atoms with Gasteiger partial charge >= 0.3 is 6.09 Å². The monoisotopic (exact) mass is 362 g/mol. The molecule has 0 N–H and O–H groups in total. The van der Waals surface area contributed by atoms with Crippen molar-refractivity contribution in [2.24, 2.45) is 4.99 Å². The van der Waals surface area contributed by atoms with E-state index < -0.39 is 17.8 Å². The Balaban J connectivity index is 3.13. The van der Waals surface area contributed by atoms with Crippen molar-refractivity contribution in [2.75, 3.05) is 13.6 Å². The molecule has 0 aliphatic carbocycles. The lowest BCUT2D eigenvalue weighted by atomic mass is 10.1. The molecule has 0 radical (unpaired) electrons. The Hall–Kier alpha value is -2.50. The van der Waals surface area contributed by atoms with E-state index in [2.05, 4.69) is 18.3 Å². The first kappa shape index (κ1) is 21.5. The van der Waals surface area contributed by atoms with Crippen LogP contribution in [0.3, 0.4) is 0 Å². The van der Waals surface area contributed by atoms with E-state index in [9.17, 15) is 4.79 Å². The molecule has 0 saturated heterocycles. The first-order valence-electron chi connectivity index (χ1n) is 8.62. The number of carbonyl (C=O) groups excluding carboxylic acids is 1. The Bertz CT molecular complexity index is 639. The SMILES string of the molecule is C=CC1=C(N=C)OC(C)=C(/C=C\CC)OC1CN(C)C(=O)OC(C)(C)C. The summed E-state index contributed by atoms with van der Waals surface area (Å²) in [6.07, 6.45) is 5.33. The number of hydrogen-bond donors (Lipinski definition) is 0. The van der Waals surface area contributed by atoms with Crippen molar-refractivity contribution in [1.29, 1.82) is 0 Å². The largest absolute Gasteiger partial charge is 0.480 e. The lowest BCUT2D eigenvalue weighted by molar-refractivity contribution is 0.0212. The van der Waals surface area contributed by atoms with Crippen LogP contribution in [0.2, 0.25) is 0 Å². The molecule has 0 spiro atoms. The van der Waals surface area contributed by atoms with E-state index in [1.165, 1.54) is 4.90 Å². The highest BCUT2D eigenvalue weighted by atomic mass is 16.6. The molecule has 1 unspecified atom stereocenters. The minimum atomic E-state index is -0.574. The van der Waals surface area contributed by atoms with Crippen molar-refractivity contribution in [3.8, 4) is 0 Å². The van der Waals surface area contributed by atoms with Gasteiger partial charge in [-0.05, 0) is 46.9 Å². The first-order valence-corrected chi connectivity index (χ1v) is 8.62. The Kier molecular flexibility index (Phi) is 7.68. The summed E-state index contributed by atoms with van der Waals surface area (Å²) in [5.41, 5.74) is 0.0459. The van der Waals surface area contributed by atoms with Crippen LogP contribution in [-0.2, 0) is 14.2 Å². The van der Waals surface area contributed by atoms with Gasteiger partial charge in [0.1, 0.15) is 17.5 Å². The molecule has 1 aliphatic heterocycles. The average Bonchev–Trinajstić information content (AvgIpc) is 2.67. The topological polar surface area (TPSA) is 60.4 Å². The average molecular weight is 362 g/mol. The minimum Gasteiger partial charge on any atom is -0.480 e. The van der Waals surface area contributed by atoms with Gasteiger partial charge in [-0.3, -0.25) is 0 Å². The van der Waals surface area contributed by atoms with E-state index in [0.29, 0.717) is 23.0 Å². The van der Waals surface area contributed by atoms with Crippen molar-refractivity contribution in [1.82, 2.24) is 4.90 Å². The number of hydrogen-bond acceptors (Lipinski definition) is 5. The maximum absolute atomic E-state index is 12.3. The van der Waals surface area contributed by atoms with Crippen LogP contribution in [0.4, 0.5) is 4.79 Å². The van der Waals surface area contributed by atoms with Gasteiger partial charge in [-0.2, -0.15) is 0 Å².